The minimum absolute atomic E-state index is 0.208. The number of fused-ring (bicyclic) bond motifs is 2. The number of nitrogens with zero attached hydrogens (tertiary/aromatic N) is 2. The van der Waals surface area contributed by atoms with Crippen molar-refractivity contribution in [2.75, 3.05) is 0 Å². The Morgan fingerprint density at radius 1 is 0.714 bits per heavy atom. The van der Waals surface area contributed by atoms with Crippen LogP contribution in [0.4, 0.5) is 4.39 Å². The van der Waals surface area contributed by atoms with Crippen LogP contribution in [0.1, 0.15) is 5.56 Å². The zero-order chi connectivity index (χ0) is 19.1. The third-order valence-corrected chi connectivity index (χ3v) is 5.17. The molecule has 1 heterocycles. The highest BCUT2D eigenvalue weighted by Crippen LogP contribution is 2.33. The van der Waals surface area contributed by atoms with Crippen LogP contribution >= 0.6 is 0 Å². The molecule has 0 unspecified atom stereocenters. The second-order valence-electron chi connectivity index (χ2n) is 6.94. The lowest BCUT2D eigenvalue weighted by Crippen LogP contribution is -1.92. The SMILES string of the molecule is Cc1cc(-c2ncnc3cc(-c4cccc5ccccc45)ccc23)ccc1F. The number of halogens is 1. The van der Waals surface area contributed by atoms with Crippen molar-refractivity contribution in [2.24, 2.45) is 0 Å². The van der Waals surface area contributed by atoms with E-state index in [0.29, 0.717) is 5.56 Å². The molecule has 0 bridgehead atoms. The molecule has 0 aliphatic heterocycles. The molecule has 5 aromatic rings. The largest absolute Gasteiger partial charge is 0.236 e. The topological polar surface area (TPSA) is 25.8 Å². The predicted molar refractivity (Wildman–Crippen MR) is 113 cm³/mol. The van der Waals surface area contributed by atoms with E-state index in [9.17, 15) is 4.39 Å². The van der Waals surface area contributed by atoms with Crippen LogP contribution in [0.5, 0.6) is 0 Å². The number of hydrogen-bond donors (Lipinski definition) is 0. The first-order chi connectivity index (χ1) is 13.7. The van der Waals surface area contributed by atoms with Crippen LogP contribution in [-0.2, 0) is 0 Å². The van der Waals surface area contributed by atoms with Crippen LogP contribution in [0.3, 0.4) is 0 Å². The van der Waals surface area contributed by atoms with E-state index < -0.39 is 0 Å². The first-order valence-corrected chi connectivity index (χ1v) is 9.20. The van der Waals surface area contributed by atoms with Crippen LogP contribution in [-0.4, -0.2) is 9.97 Å². The van der Waals surface area contributed by atoms with E-state index in [-0.39, 0.29) is 5.82 Å². The van der Waals surface area contributed by atoms with Crippen molar-refractivity contribution in [2.45, 2.75) is 6.92 Å². The van der Waals surface area contributed by atoms with Crippen LogP contribution in [0.25, 0.3) is 44.1 Å². The molecule has 4 aromatic carbocycles. The Morgan fingerprint density at radius 3 is 2.43 bits per heavy atom. The molecular weight excluding hydrogens is 347 g/mol. The Kier molecular flexibility index (Phi) is 3.87. The van der Waals surface area contributed by atoms with Crippen molar-refractivity contribution in [1.29, 1.82) is 0 Å². The molecule has 0 atom stereocenters. The van der Waals surface area contributed by atoms with Gasteiger partial charge in [-0.2, -0.15) is 0 Å². The van der Waals surface area contributed by atoms with Crippen molar-refractivity contribution in [1.82, 2.24) is 9.97 Å². The highest BCUT2D eigenvalue weighted by Gasteiger charge is 2.10. The summed E-state index contributed by atoms with van der Waals surface area (Å²) in [6, 6.07) is 26.0. The van der Waals surface area contributed by atoms with Crippen molar-refractivity contribution in [3.63, 3.8) is 0 Å². The molecule has 0 amide bonds. The van der Waals surface area contributed by atoms with Crippen LogP contribution in [0.2, 0.25) is 0 Å². The molecule has 0 spiro atoms. The summed E-state index contributed by atoms with van der Waals surface area (Å²) in [5.41, 5.74) is 5.48. The molecule has 1 aromatic heterocycles. The van der Waals surface area contributed by atoms with Gasteiger partial charge in [-0.1, -0.05) is 48.5 Å². The molecule has 3 heteroatoms. The van der Waals surface area contributed by atoms with Crippen molar-refractivity contribution >= 4 is 21.7 Å². The fourth-order valence-electron chi connectivity index (χ4n) is 3.72. The van der Waals surface area contributed by atoms with E-state index >= 15 is 0 Å². The first kappa shape index (κ1) is 16.6. The van der Waals surface area contributed by atoms with E-state index in [0.717, 1.165) is 27.7 Å². The van der Waals surface area contributed by atoms with Gasteiger partial charge in [-0.3, -0.25) is 0 Å². The first-order valence-electron chi connectivity index (χ1n) is 9.20. The third-order valence-electron chi connectivity index (χ3n) is 5.17. The maximum absolute atomic E-state index is 13.7. The van der Waals surface area contributed by atoms with Gasteiger partial charge in [0.2, 0.25) is 0 Å². The van der Waals surface area contributed by atoms with E-state index in [1.807, 2.05) is 6.07 Å². The Labute approximate surface area is 162 Å². The molecular formula is C25H17FN2. The summed E-state index contributed by atoms with van der Waals surface area (Å²) >= 11 is 0. The standard InChI is InChI=1S/C25H17FN2/c1-16-13-19(10-12-23(16)26)25-22-11-9-18(14-24(22)27-15-28-25)21-8-4-6-17-5-2-3-7-20(17)21/h2-15H,1H3. The lowest BCUT2D eigenvalue weighted by molar-refractivity contribution is 0.619. The predicted octanol–water partition coefficient (Wildman–Crippen LogP) is 6.56. The van der Waals surface area contributed by atoms with Gasteiger partial charge >= 0.3 is 0 Å². The second-order valence-corrected chi connectivity index (χ2v) is 6.94. The normalized spacial score (nSPS) is 11.2. The summed E-state index contributed by atoms with van der Waals surface area (Å²) in [4.78, 5) is 8.96. The van der Waals surface area contributed by atoms with Gasteiger partial charge in [-0.25, -0.2) is 14.4 Å². The molecule has 0 saturated carbocycles. The molecule has 0 aliphatic carbocycles. The minimum atomic E-state index is -0.208. The lowest BCUT2D eigenvalue weighted by atomic mass is 9.96. The quantitative estimate of drug-likeness (QED) is 0.354. The minimum Gasteiger partial charge on any atom is -0.236 e. The van der Waals surface area contributed by atoms with Gasteiger partial charge in [0.15, 0.2) is 0 Å². The lowest BCUT2D eigenvalue weighted by Gasteiger charge is -2.10. The highest BCUT2D eigenvalue weighted by molar-refractivity contribution is 6.00. The van der Waals surface area contributed by atoms with Crippen LogP contribution in [0, 0.1) is 12.7 Å². The number of aryl methyl sites for hydroxylation is 1. The van der Waals surface area contributed by atoms with E-state index in [1.54, 1.807) is 19.3 Å². The van der Waals surface area contributed by atoms with E-state index in [1.165, 1.54) is 22.4 Å². The summed E-state index contributed by atoms with van der Waals surface area (Å²) in [6.45, 7) is 1.76. The molecule has 134 valence electrons. The van der Waals surface area contributed by atoms with Gasteiger partial charge in [0.25, 0.3) is 0 Å². The zero-order valence-corrected chi connectivity index (χ0v) is 15.4. The monoisotopic (exact) mass is 364 g/mol. The molecule has 0 fully saturated rings. The van der Waals surface area contributed by atoms with Crippen molar-refractivity contribution in [3.8, 4) is 22.4 Å². The van der Waals surface area contributed by atoms with Crippen LogP contribution in [0.15, 0.2) is 85.2 Å². The maximum Gasteiger partial charge on any atom is 0.126 e. The fraction of sp³-hybridized carbons (Fsp3) is 0.0400. The summed E-state index contributed by atoms with van der Waals surface area (Å²) < 4.78 is 13.7. The van der Waals surface area contributed by atoms with E-state index in [4.69, 9.17) is 0 Å². The number of rotatable bonds is 2. The summed E-state index contributed by atoms with van der Waals surface area (Å²) in [7, 11) is 0. The molecule has 0 N–H and O–H groups in total. The molecule has 0 aliphatic rings. The summed E-state index contributed by atoms with van der Waals surface area (Å²) in [6.07, 6.45) is 1.57. The summed E-state index contributed by atoms with van der Waals surface area (Å²) in [5, 5.41) is 3.38. The smallest absolute Gasteiger partial charge is 0.126 e. The number of aromatic nitrogens is 2. The molecule has 0 radical (unpaired) electrons. The van der Waals surface area contributed by atoms with Gasteiger partial charge in [0, 0.05) is 10.9 Å². The Hall–Kier alpha value is -3.59. The molecule has 0 saturated heterocycles. The van der Waals surface area contributed by atoms with Gasteiger partial charge in [-0.15, -0.1) is 0 Å². The van der Waals surface area contributed by atoms with Gasteiger partial charge in [0.1, 0.15) is 12.1 Å². The number of benzene rings is 4. The maximum atomic E-state index is 13.7. The average molecular weight is 364 g/mol. The Balaban J connectivity index is 1.69. The summed E-state index contributed by atoms with van der Waals surface area (Å²) in [5.74, 6) is -0.208. The molecule has 2 nitrogen and oxygen atoms in total. The Bertz CT molecular complexity index is 1340. The van der Waals surface area contributed by atoms with Crippen molar-refractivity contribution in [3.05, 3.63) is 96.6 Å². The second kappa shape index (κ2) is 6.54. The zero-order valence-electron chi connectivity index (χ0n) is 15.4. The Morgan fingerprint density at radius 2 is 1.54 bits per heavy atom. The van der Waals surface area contributed by atoms with Crippen LogP contribution < -0.4 is 0 Å². The number of hydrogen-bond acceptors (Lipinski definition) is 2. The van der Waals surface area contributed by atoms with Crippen molar-refractivity contribution < 1.29 is 4.39 Å². The van der Waals surface area contributed by atoms with Gasteiger partial charge < -0.3 is 0 Å². The van der Waals surface area contributed by atoms with Gasteiger partial charge in [-0.05, 0) is 64.7 Å². The third kappa shape index (κ3) is 2.72. The average Bonchev–Trinajstić information content (AvgIpc) is 2.74. The molecule has 5 rings (SSSR count). The van der Waals surface area contributed by atoms with E-state index in [2.05, 4.69) is 70.6 Å². The fourth-order valence-corrected chi connectivity index (χ4v) is 3.72. The van der Waals surface area contributed by atoms with Gasteiger partial charge in [0.05, 0.1) is 11.2 Å². The molecule has 28 heavy (non-hydrogen) atoms. The highest BCUT2D eigenvalue weighted by atomic mass is 19.1.